The van der Waals surface area contributed by atoms with Gasteiger partial charge in [0.25, 0.3) is 5.91 Å². The van der Waals surface area contributed by atoms with Crippen molar-refractivity contribution in [2.24, 2.45) is 0 Å². The van der Waals surface area contributed by atoms with Crippen LogP contribution in [0.1, 0.15) is 47.2 Å². The molecule has 1 aliphatic rings. The summed E-state index contributed by atoms with van der Waals surface area (Å²) in [7, 11) is 0. The second kappa shape index (κ2) is 5.70. The number of amides is 1. The molecule has 2 heterocycles. The average molecular weight is 329 g/mol. The molecule has 0 spiro atoms. The van der Waals surface area contributed by atoms with Crippen LogP contribution < -0.4 is 9.64 Å². The number of ether oxygens (including phenoxy) is 1. The van der Waals surface area contributed by atoms with Crippen molar-refractivity contribution in [1.82, 2.24) is 0 Å². The van der Waals surface area contributed by atoms with Crippen LogP contribution in [0.4, 0.5) is 5.69 Å². The Bertz CT molecular complexity index is 800. The molecule has 6 heteroatoms. The van der Waals surface area contributed by atoms with E-state index >= 15 is 0 Å². The zero-order chi connectivity index (χ0) is 17.5. The van der Waals surface area contributed by atoms with Gasteiger partial charge in [-0.2, -0.15) is 0 Å². The maximum atomic E-state index is 12.7. The molecule has 0 atom stereocenters. The van der Waals surface area contributed by atoms with Crippen LogP contribution in [-0.4, -0.2) is 30.1 Å². The molecule has 1 aromatic carbocycles. The monoisotopic (exact) mass is 329 g/mol. The quantitative estimate of drug-likeness (QED) is 0.914. The Balaban J connectivity index is 2.00. The van der Waals surface area contributed by atoms with Gasteiger partial charge in [0.1, 0.15) is 18.6 Å². The number of carboxylic acids is 1. The summed E-state index contributed by atoms with van der Waals surface area (Å²) in [5.74, 6) is -0.815. The summed E-state index contributed by atoms with van der Waals surface area (Å²) in [5, 5.41) is 8.97. The smallest absolute Gasteiger partial charge is 0.338 e. The third-order valence-corrected chi connectivity index (χ3v) is 3.96. The second-order valence-electron chi connectivity index (χ2n) is 6.71. The van der Waals surface area contributed by atoms with Gasteiger partial charge in [0.2, 0.25) is 0 Å². The van der Waals surface area contributed by atoms with Crippen LogP contribution in [0.3, 0.4) is 0 Å². The van der Waals surface area contributed by atoms with Gasteiger partial charge in [0.15, 0.2) is 5.76 Å². The molecule has 1 aromatic heterocycles. The summed E-state index contributed by atoms with van der Waals surface area (Å²) in [5.41, 5.74) is 1.52. The molecule has 0 fully saturated rings. The molecule has 0 bridgehead atoms. The first-order chi connectivity index (χ1) is 11.3. The van der Waals surface area contributed by atoms with E-state index in [-0.39, 0.29) is 22.6 Å². The number of benzene rings is 1. The van der Waals surface area contributed by atoms with Crippen LogP contribution in [0.2, 0.25) is 0 Å². The second-order valence-corrected chi connectivity index (χ2v) is 6.71. The number of carbonyl (C=O) groups excluding carboxylic acids is 1. The van der Waals surface area contributed by atoms with Crippen LogP contribution in [0.5, 0.6) is 5.75 Å². The average Bonchev–Trinajstić information content (AvgIpc) is 3.02. The van der Waals surface area contributed by atoms with Gasteiger partial charge in [-0.1, -0.05) is 32.9 Å². The summed E-state index contributed by atoms with van der Waals surface area (Å²) in [4.78, 5) is 25.3. The third-order valence-electron chi connectivity index (χ3n) is 3.96. The van der Waals surface area contributed by atoms with Crippen molar-refractivity contribution >= 4 is 17.6 Å². The molecule has 0 unspecified atom stereocenters. The van der Waals surface area contributed by atoms with E-state index in [1.165, 1.54) is 6.07 Å². The van der Waals surface area contributed by atoms with Gasteiger partial charge in [-0.15, -0.1) is 0 Å². The number of furan rings is 1. The topological polar surface area (TPSA) is 80.0 Å². The fraction of sp³-hybridized carbons (Fsp3) is 0.333. The van der Waals surface area contributed by atoms with E-state index in [1.807, 2.05) is 18.2 Å². The molecular weight excluding hydrogens is 310 g/mol. The molecule has 6 nitrogen and oxygen atoms in total. The highest BCUT2D eigenvalue weighted by Crippen LogP contribution is 2.41. The third kappa shape index (κ3) is 2.75. The van der Waals surface area contributed by atoms with Crippen LogP contribution in [0, 0.1) is 0 Å². The zero-order valence-corrected chi connectivity index (χ0v) is 13.8. The molecule has 1 aliphatic heterocycles. The Kier molecular flexibility index (Phi) is 3.83. The molecule has 0 saturated heterocycles. The Morgan fingerprint density at radius 1 is 1.25 bits per heavy atom. The molecule has 3 rings (SSSR count). The van der Waals surface area contributed by atoms with Crippen molar-refractivity contribution < 1.29 is 23.8 Å². The van der Waals surface area contributed by atoms with E-state index in [0.717, 1.165) is 11.8 Å². The van der Waals surface area contributed by atoms with Gasteiger partial charge in [-0.3, -0.25) is 9.69 Å². The fourth-order valence-electron chi connectivity index (χ4n) is 2.74. The standard InChI is InChI=1S/C18H19NO5/c1-18(2,3)12-5-4-6-13-15(12)23-8-7-19(13)16(20)14-9-11(10-24-14)17(21)22/h4-6,9-10H,7-8H2,1-3H3,(H,21,22). The first-order valence-corrected chi connectivity index (χ1v) is 7.69. The Morgan fingerprint density at radius 3 is 2.62 bits per heavy atom. The van der Waals surface area contributed by atoms with E-state index in [4.69, 9.17) is 14.3 Å². The number of nitrogens with zero attached hydrogens (tertiary/aromatic N) is 1. The SMILES string of the molecule is CC(C)(C)c1cccc2c1OCCN2C(=O)c1cc(C(=O)O)co1. The summed E-state index contributed by atoms with van der Waals surface area (Å²) < 4.78 is 11.0. The first kappa shape index (κ1) is 16.1. The molecule has 24 heavy (non-hydrogen) atoms. The van der Waals surface area contributed by atoms with Crippen LogP contribution >= 0.6 is 0 Å². The highest BCUT2D eigenvalue weighted by atomic mass is 16.5. The van der Waals surface area contributed by atoms with Gasteiger partial charge in [0, 0.05) is 11.6 Å². The number of carbonyl (C=O) groups is 2. The number of anilines is 1. The molecule has 0 saturated carbocycles. The molecule has 0 aliphatic carbocycles. The molecule has 1 N–H and O–H groups in total. The summed E-state index contributed by atoms with van der Waals surface area (Å²) >= 11 is 0. The van der Waals surface area contributed by atoms with Crippen molar-refractivity contribution in [1.29, 1.82) is 0 Å². The highest BCUT2D eigenvalue weighted by molar-refractivity contribution is 6.06. The van der Waals surface area contributed by atoms with Crippen LogP contribution in [0.15, 0.2) is 34.9 Å². The van der Waals surface area contributed by atoms with E-state index < -0.39 is 5.97 Å². The molecule has 2 aromatic rings. The minimum Gasteiger partial charge on any atom is -0.489 e. The highest BCUT2D eigenvalue weighted by Gasteiger charge is 2.31. The minimum absolute atomic E-state index is 0.00131. The number of aromatic carboxylic acids is 1. The van der Waals surface area contributed by atoms with E-state index in [0.29, 0.717) is 24.6 Å². The Hall–Kier alpha value is -2.76. The predicted octanol–water partition coefficient (Wildman–Crippen LogP) is 3.31. The number of para-hydroxylation sites is 1. The Morgan fingerprint density at radius 2 is 2.00 bits per heavy atom. The molecule has 1 amide bonds. The van der Waals surface area contributed by atoms with Gasteiger partial charge in [-0.05, 0) is 11.5 Å². The zero-order valence-electron chi connectivity index (χ0n) is 13.8. The van der Waals surface area contributed by atoms with Crippen molar-refractivity contribution in [3.8, 4) is 5.75 Å². The first-order valence-electron chi connectivity index (χ1n) is 7.69. The fourth-order valence-corrected chi connectivity index (χ4v) is 2.74. The maximum absolute atomic E-state index is 12.7. The summed E-state index contributed by atoms with van der Waals surface area (Å²) in [6.45, 7) is 7.00. The minimum atomic E-state index is -1.13. The van der Waals surface area contributed by atoms with Crippen molar-refractivity contribution in [3.05, 3.63) is 47.4 Å². The molecule has 0 radical (unpaired) electrons. The van der Waals surface area contributed by atoms with Gasteiger partial charge in [-0.25, -0.2) is 4.79 Å². The maximum Gasteiger partial charge on any atom is 0.338 e. The van der Waals surface area contributed by atoms with Crippen molar-refractivity contribution in [2.75, 3.05) is 18.1 Å². The lowest BCUT2D eigenvalue weighted by atomic mass is 9.85. The normalized spacial score (nSPS) is 14.0. The largest absolute Gasteiger partial charge is 0.489 e. The number of fused-ring (bicyclic) bond motifs is 1. The summed E-state index contributed by atoms with van der Waals surface area (Å²) in [6, 6.07) is 6.94. The Labute approximate surface area is 139 Å². The van der Waals surface area contributed by atoms with Crippen LogP contribution in [0.25, 0.3) is 0 Å². The van der Waals surface area contributed by atoms with E-state index in [2.05, 4.69) is 20.8 Å². The van der Waals surface area contributed by atoms with Gasteiger partial charge >= 0.3 is 5.97 Å². The van der Waals surface area contributed by atoms with Crippen molar-refractivity contribution in [3.63, 3.8) is 0 Å². The van der Waals surface area contributed by atoms with Crippen molar-refractivity contribution in [2.45, 2.75) is 26.2 Å². The van der Waals surface area contributed by atoms with Gasteiger partial charge in [0.05, 0.1) is 17.8 Å². The molecular formula is C18H19NO5. The number of hydrogen-bond acceptors (Lipinski definition) is 4. The number of hydrogen-bond donors (Lipinski definition) is 1. The lowest BCUT2D eigenvalue weighted by Gasteiger charge is -2.33. The van der Waals surface area contributed by atoms with E-state index in [9.17, 15) is 9.59 Å². The lowest BCUT2D eigenvalue weighted by molar-refractivity contribution is 0.0696. The lowest BCUT2D eigenvalue weighted by Crippen LogP contribution is -2.38. The van der Waals surface area contributed by atoms with Crippen LogP contribution in [-0.2, 0) is 5.41 Å². The van der Waals surface area contributed by atoms with Gasteiger partial charge < -0.3 is 14.3 Å². The van der Waals surface area contributed by atoms with E-state index in [1.54, 1.807) is 4.90 Å². The summed E-state index contributed by atoms with van der Waals surface area (Å²) in [6.07, 6.45) is 1.07. The predicted molar refractivity (Wildman–Crippen MR) is 88.0 cm³/mol. The number of carboxylic acid groups (broad SMARTS) is 1. The molecule has 126 valence electrons. The number of rotatable bonds is 2.